The number of fused-ring (bicyclic) bond motifs is 1. The van der Waals surface area contributed by atoms with E-state index in [1.54, 1.807) is 4.57 Å². The van der Waals surface area contributed by atoms with Crippen LogP contribution in [0.3, 0.4) is 0 Å². The Balaban J connectivity index is 2.21. The van der Waals surface area contributed by atoms with Gasteiger partial charge < -0.3 is 4.90 Å². The lowest BCUT2D eigenvalue weighted by atomic mass is 10.1. The molecule has 0 aliphatic carbocycles. The van der Waals surface area contributed by atoms with Crippen molar-refractivity contribution in [1.29, 1.82) is 0 Å². The van der Waals surface area contributed by atoms with Crippen molar-refractivity contribution >= 4 is 16.8 Å². The Morgan fingerprint density at radius 1 is 1.03 bits per heavy atom. The number of hydrogen-bond acceptors (Lipinski definition) is 3. The smallest absolute Gasteiger partial charge is 0.266 e. The number of aryl methyl sites for hydroxylation is 1. The van der Waals surface area contributed by atoms with Gasteiger partial charge in [-0.2, -0.15) is 0 Å². The highest BCUT2D eigenvalue weighted by Crippen LogP contribution is 2.25. The van der Waals surface area contributed by atoms with Crippen molar-refractivity contribution in [2.45, 2.75) is 65.8 Å². The highest BCUT2D eigenvalue weighted by molar-refractivity contribution is 5.79. The van der Waals surface area contributed by atoms with Crippen LogP contribution in [0, 0.1) is 6.92 Å². The molecule has 1 atom stereocenters. The molecule has 5 nitrogen and oxygen atoms in total. The van der Waals surface area contributed by atoms with Gasteiger partial charge in [-0.25, -0.2) is 4.98 Å². The molecule has 0 bridgehead atoms. The third-order valence-corrected chi connectivity index (χ3v) is 5.82. The molecular formula is C26H33N3O2. The molecule has 0 saturated heterocycles. The molecule has 1 heterocycles. The summed E-state index contributed by atoms with van der Waals surface area (Å²) in [5.41, 5.74) is 2.37. The van der Waals surface area contributed by atoms with E-state index in [1.807, 2.05) is 67.3 Å². The molecule has 1 unspecified atom stereocenters. The third kappa shape index (κ3) is 4.87. The fourth-order valence-corrected chi connectivity index (χ4v) is 3.95. The van der Waals surface area contributed by atoms with Gasteiger partial charge in [0.2, 0.25) is 5.91 Å². The monoisotopic (exact) mass is 419 g/mol. The van der Waals surface area contributed by atoms with Gasteiger partial charge in [0.05, 0.1) is 22.6 Å². The predicted octanol–water partition coefficient (Wildman–Crippen LogP) is 5.57. The van der Waals surface area contributed by atoms with Crippen LogP contribution < -0.4 is 5.56 Å². The number of rotatable bonds is 9. The lowest BCUT2D eigenvalue weighted by Crippen LogP contribution is -2.38. The van der Waals surface area contributed by atoms with Crippen molar-refractivity contribution in [1.82, 2.24) is 14.5 Å². The predicted molar refractivity (Wildman–Crippen MR) is 127 cm³/mol. The van der Waals surface area contributed by atoms with Crippen molar-refractivity contribution in [2.75, 3.05) is 6.54 Å². The maximum absolute atomic E-state index is 13.6. The summed E-state index contributed by atoms with van der Waals surface area (Å²) < 4.78 is 1.70. The summed E-state index contributed by atoms with van der Waals surface area (Å²) >= 11 is 0. The van der Waals surface area contributed by atoms with Gasteiger partial charge in [0.1, 0.15) is 5.82 Å². The molecule has 2 aromatic carbocycles. The summed E-state index contributed by atoms with van der Waals surface area (Å²) in [6, 6.07) is 14.9. The molecule has 164 valence electrons. The molecule has 1 aromatic heterocycles. The van der Waals surface area contributed by atoms with Crippen LogP contribution in [0.4, 0.5) is 0 Å². The fraction of sp³-hybridized carbons (Fsp3) is 0.423. The van der Waals surface area contributed by atoms with Crippen LogP contribution in [-0.2, 0) is 4.79 Å². The van der Waals surface area contributed by atoms with Gasteiger partial charge >= 0.3 is 0 Å². The second-order valence-corrected chi connectivity index (χ2v) is 8.13. The second-order valence-electron chi connectivity index (χ2n) is 8.13. The normalized spacial score (nSPS) is 12.1. The number of amides is 1. The molecule has 0 fully saturated rings. The molecule has 0 aliphatic heterocycles. The molecule has 0 saturated carbocycles. The van der Waals surface area contributed by atoms with Gasteiger partial charge in [-0.15, -0.1) is 0 Å². The average molecular weight is 420 g/mol. The Morgan fingerprint density at radius 3 is 2.42 bits per heavy atom. The summed E-state index contributed by atoms with van der Waals surface area (Å²) in [6.07, 6.45) is 4.28. The molecule has 0 N–H and O–H groups in total. The minimum Gasteiger partial charge on any atom is -0.333 e. The number of hydrogen-bond donors (Lipinski definition) is 0. The minimum absolute atomic E-state index is 0.0989. The third-order valence-electron chi connectivity index (χ3n) is 5.82. The average Bonchev–Trinajstić information content (AvgIpc) is 2.78. The van der Waals surface area contributed by atoms with Gasteiger partial charge in [-0.1, -0.05) is 57.0 Å². The van der Waals surface area contributed by atoms with E-state index in [0.717, 1.165) is 36.9 Å². The molecule has 0 radical (unpaired) electrons. The summed E-state index contributed by atoms with van der Waals surface area (Å²) in [6.45, 7) is 8.86. The van der Waals surface area contributed by atoms with Crippen LogP contribution in [-0.4, -0.2) is 26.9 Å². The minimum atomic E-state index is -0.312. The van der Waals surface area contributed by atoms with Crippen molar-refractivity contribution in [3.8, 4) is 5.69 Å². The van der Waals surface area contributed by atoms with Crippen LogP contribution in [0.2, 0.25) is 0 Å². The SMILES string of the molecule is CCCCC(=O)N(CCCC)C(C)c1nc2ccccc2c(=O)n1-c1ccccc1C. The van der Waals surface area contributed by atoms with Crippen LogP contribution in [0.1, 0.15) is 70.3 Å². The van der Waals surface area contributed by atoms with Crippen molar-refractivity contribution in [3.05, 3.63) is 70.3 Å². The molecule has 31 heavy (non-hydrogen) atoms. The highest BCUT2D eigenvalue weighted by atomic mass is 16.2. The van der Waals surface area contributed by atoms with Gasteiger partial charge in [0, 0.05) is 13.0 Å². The number of unbranched alkanes of at least 4 members (excludes halogenated alkanes) is 2. The van der Waals surface area contributed by atoms with Crippen molar-refractivity contribution in [2.24, 2.45) is 0 Å². The molecule has 1 amide bonds. The lowest BCUT2D eigenvalue weighted by molar-refractivity contribution is -0.133. The second kappa shape index (κ2) is 10.4. The van der Waals surface area contributed by atoms with Crippen molar-refractivity contribution < 1.29 is 4.79 Å². The first-order valence-corrected chi connectivity index (χ1v) is 11.4. The quantitative estimate of drug-likeness (QED) is 0.455. The van der Waals surface area contributed by atoms with E-state index in [0.29, 0.717) is 29.7 Å². The topological polar surface area (TPSA) is 55.2 Å². The maximum Gasteiger partial charge on any atom is 0.266 e. The number of aromatic nitrogens is 2. The standard InChI is InChI=1S/C26H33N3O2/c1-5-7-17-24(30)28(18-8-6-2)20(4)25-27-22-15-11-10-14-21(22)26(31)29(25)23-16-12-9-13-19(23)3/h9-16,20H,5-8,17-18H2,1-4H3. The van der Waals surface area contributed by atoms with Crippen molar-refractivity contribution in [3.63, 3.8) is 0 Å². The Bertz CT molecular complexity index is 1100. The number of nitrogens with zero attached hydrogens (tertiary/aromatic N) is 3. The van der Waals surface area contributed by atoms with Crippen LogP contribution >= 0.6 is 0 Å². The van der Waals surface area contributed by atoms with Gasteiger partial charge in [0.25, 0.3) is 5.56 Å². The first-order chi connectivity index (χ1) is 15.0. The fourth-order valence-electron chi connectivity index (χ4n) is 3.95. The van der Waals surface area contributed by atoms with Crippen LogP contribution in [0.25, 0.3) is 16.6 Å². The van der Waals surface area contributed by atoms with E-state index in [-0.39, 0.29) is 17.5 Å². The van der Waals surface area contributed by atoms with Crippen LogP contribution in [0.15, 0.2) is 53.3 Å². The van der Waals surface area contributed by atoms with Gasteiger partial charge in [-0.3, -0.25) is 14.2 Å². The zero-order valence-electron chi connectivity index (χ0n) is 19.1. The molecule has 0 spiro atoms. The van der Waals surface area contributed by atoms with E-state index in [4.69, 9.17) is 4.98 Å². The maximum atomic E-state index is 13.6. The van der Waals surface area contributed by atoms with Crippen LogP contribution in [0.5, 0.6) is 0 Å². The summed E-state index contributed by atoms with van der Waals surface area (Å²) in [5.74, 6) is 0.737. The molecule has 3 rings (SSSR count). The lowest BCUT2D eigenvalue weighted by Gasteiger charge is -2.31. The highest BCUT2D eigenvalue weighted by Gasteiger charge is 2.26. The first-order valence-electron chi connectivity index (χ1n) is 11.4. The Morgan fingerprint density at radius 2 is 1.71 bits per heavy atom. The first kappa shape index (κ1) is 22.7. The summed E-state index contributed by atoms with van der Waals surface area (Å²) in [7, 11) is 0. The largest absolute Gasteiger partial charge is 0.333 e. The molecule has 3 aromatic rings. The molecular weight excluding hydrogens is 386 g/mol. The molecule has 5 heteroatoms. The van der Waals surface area contributed by atoms with E-state index in [9.17, 15) is 9.59 Å². The zero-order chi connectivity index (χ0) is 22.4. The van der Waals surface area contributed by atoms with Gasteiger partial charge in [-0.05, 0) is 50.5 Å². The summed E-state index contributed by atoms with van der Waals surface area (Å²) in [4.78, 5) is 33.5. The Kier molecular flexibility index (Phi) is 7.61. The molecule has 0 aliphatic rings. The zero-order valence-corrected chi connectivity index (χ0v) is 19.1. The van der Waals surface area contributed by atoms with E-state index in [2.05, 4.69) is 13.8 Å². The number of para-hydroxylation sites is 2. The van der Waals surface area contributed by atoms with Gasteiger partial charge in [0.15, 0.2) is 0 Å². The van der Waals surface area contributed by atoms with E-state index < -0.39 is 0 Å². The Hall–Kier alpha value is -2.95. The van der Waals surface area contributed by atoms with E-state index >= 15 is 0 Å². The Labute approximate surface area is 184 Å². The summed E-state index contributed by atoms with van der Waals surface area (Å²) in [5, 5.41) is 0.583. The number of benzene rings is 2. The van der Waals surface area contributed by atoms with E-state index in [1.165, 1.54) is 0 Å². The number of carbonyl (C=O) groups excluding carboxylic acids is 1. The number of carbonyl (C=O) groups is 1.